The molecular weight excluding hydrogens is 314 g/mol. The van der Waals surface area contributed by atoms with Crippen LogP contribution in [0.25, 0.3) is 0 Å². The molecule has 19 heavy (non-hydrogen) atoms. The number of aryl methyl sites for hydroxylation is 2. The largest absolute Gasteiger partial charge is 0.288 e. The molecule has 2 rings (SSSR count). The van der Waals surface area contributed by atoms with Gasteiger partial charge in [-0.25, -0.2) is 8.78 Å². The maximum Gasteiger partial charge on any atom is 0.196 e. The Labute approximate surface area is 118 Å². The first kappa shape index (κ1) is 13.9. The van der Waals surface area contributed by atoms with Gasteiger partial charge in [-0.15, -0.1) is 0 Å². The highest BCUT2D eigenvalue weighted by molar-refractivity contribution is 9.10. The molecule has 0 aromatic heterocycles. The topological polar surface area (TPSA) is 17.1 Å². The molecule has 4 heteroatoms. The average molecular weight is 325 g/mol. The monoisotopic (exact) mass is 324 g/mol. The number of hydrogen-bond acceptors (Lipinski definition) is 1. The van der Waals surface area contributed by atoms with Crippen LogP contribution >= 0.6 is 15.9 Å². The lowest BCUT2D eigenvalue weighted by molar-refractivity contribution is 0.103. The van der Waals surface area contributed by atoms with Gasteiger partial charge < -0.3 is 0 Å². The molecule has 2 aromatic rings. The maximum absolute atomic E-state index is 13.8. The number of ketones is 1. The smallest absolute Gasteiger partial charge is 0.196 e. The third-order valence-electron chi connectivity index (χ3n) is 2.82. The van der Waals surface area contributed by atoms with Gasteiger partial charge in [0.05, 0.1) is 5.56 Å². The molecule has 0 aliphatic rings. The Hall–Kier alpha value is -1.55. The molecule has 1 nitrogen and oxygen atoms in total. The summed E-state index contributed by atoms with van der Waals surface area (Å²) in [7, 11) is 0. The second kappa shape index (κ2) is 5.21. The Kier molecular flexibility index (Phi) is 3.80. The van der Waals surface area contributed by atoms with E-state index >= 15 is 0 Å². The number of halogens is 3. The van der Waals surface area contributed by atoms with Crippen LogP contribution in [0.1, 0.15) is 27.0 Å². The van der Waals surface area contributed by atoms with Crippen LogP contribution in [0.3, 0.4) is 0 Å². The highest BCUT2D eigenvalue weighted by Gasteiger charge is 2.18. The second-order valence-electron chi connectivity index (χ2n) is 4.40. The summed E-state index contributed by atoms with van der Waals surface area (Å²) in [6.45, 7) is 3.28. The van der Waals surface area contributed by atoms with Crippen LogP contribution in [0.2, 0.25) is 0 Å². The molecule has 0 spiro atoms. The number of rotatable bonds is 2. The Balaban J connectivity index is 2.53. The zero-order valence-electron chi connectivity index (χ0n) is 10.4. The van der Waals surface area contributed by atoms with E-state index in [0.29, 0.717) is 5.56 Å². The summed E-state index contributed by atoms with van der Waals surface area (Å²) in [6, 6.07) is 7.78. The van der Waals surface area contributed by atoms with Crippen LogP contribution in [-0.4, -0.2) is 5.78 Å². The predicted molar refractivity (Wildman–Crippen MR) is 73.4 cm³/mol. The van der Waals surface area contributed by atoms with Crippen molar-refractivity contribution >= 4 is 21.7 Å². The van der Waals surface area contributed by atoms with Crippen molar-refractivity contribution in [2.45, 2.75) is 13.8 Å². The molecule has 0 aliphatic heterocycles. The molecule has 0 saturated carbocycles. The fourth-order valence-electron chi connectivity index (χ4n) is 1.84. The van der Waals surface area contributed by atoms with Crippen molar-refractivity contribution in [1.82, 2.24) is 0 Å². The zero-order valence-corrected chi connectivity index (χ0v) is 12.0. The van der Waals surface area contributed by atoms with Gasteiger partial charge in [0, 0.05) is 10.0 Å². The summed E-state index contributed by atoms with van der Waals surface area (Å²) >= 11 is 3.28. The number of hydrogen-bond donors (Lipinski definition) is 0. The normalized spacial score (nSPS) is 10.6. The molecule has 0 heterocycles. The van der Waals surface area contributed by atoms with E-state index in [9.17, 15) is 13.6 Å². The van der Waals surface area contributed by atoms with Gasteiger partial charge in [-0.05, 0) is 49.2 Å². The quantitative estimate of drug-likeness (QED) is 0.739. The molecule has 0 atom stereocenters. The third kappa shape index (κ3) is 2.73. The summed E-state index contributed by atoms with van der Waals surface area (Å²) in [5, 5.41) is 0. The van der Waals surface area contributed by atoms with E-state index in [1.54, 1.807) is 12.1 Å². The Morgan fingerprint density at radius 3 is 2.37 bits per heavy atom. The van der Waals surface area contributed by atoms with E-state index in [1.165, 1.54) is 19.1 Å². The summed E-state index contributed by atoms with van der Waals surface area (Å²) in [5.74, 6) is -2.60. The van der Waals surface area contributed by atoms with Crippen LogP contribution in [0.4, 0.5) is 8.78 Å². The van der Waals surface area contributed by atoms with Crippen LogP contribution in [0.5, 0.6) is 0 Å². The first-order valence-electron chi connectivity index (χ1n) is 5.66. The van der Waals surface area contributed by atoms with Gasteiger partial charge in [-0.2, -0.15) is 0 Å². The van der Waals surface area contributed by atoms with Gasteiger partial charge in [-0.3, -0.25) is 4.79 Å². The summed E-state index contributed by atoms with van der Waals surface area (Å²) in [6.07, 6.45) is 0. The SMILES string of the molecule is Cc1cc(Br)cc(C(=O)c2ccc(C)c(F)c2F)c1. The third-order valence-corrected chi connectivity index (χ3v) is 3.28. The van der Waals surface area contributed by atoms with Gasteiger partial charge in [0.1, 0.15) is 0 Å². The highest BCUT2D eigenvalue weighted by Crippen LogP contribution is 2.22. The molecule has 0 aliphatic carbocycles. The van der Waals surface area contributed by atoms with Gasteiger partial charge in [0.2, 0.25) is 0 Å². The molecule has 0 bridgehead atoms. The van der Waals surface area contributed by atoms with Gasteiger partial charge in [0.25, 0.3) is 0 Å². The van der Waals surface area contributed by atoms with Gasteiger partial charge in [0.15, 0.2) is 17.4 Å². The van der Waals surface area contributed by atoms with E-state index in [2.05, 4.69) is 15.9 Å². The average Bonchev–Trinajstić information content (AvgIpc) is 2.34. The summed E-state index contributed by atoms with van der Waals surface area (Å²) < 4.78 is 28.0. The lowest BCUT2D eigenvalue weighted by Gasteiger charge is -2.07. The van der Waals surface area contributed by atoms with Crippen LogP contribution in [-0.2, 0) is 0 Å². The van der Waals surface area contributed by atoms with E-state index < -0.39 is 17.4 Å². The predicted octanol–water partition coefficient (Wildman–Crippen LogP) is 4.58. The molecule has 0 fully saturated rings. The van der Waals surface area contributed by atoms with E-state index in [-0.39, 0.29) is 11.1 Å². The zero-order chi connectivity index (χ0) is 14.2. The lowest BCUT2D eigenvalue weighted by Crippen LogP contribution is -2.07. The van der Waals surface area contributed by atoms with Crippen LogP contribution in [0.15, 0.2) is 34.8 Å². The number of carbonyl (C=O) groups is 1. The Morgan fingerprint density at radius 2 is 1.74 bits per heavy atom. The van der Waals surface area contributed by atoms with Crippen molar-refractivity contribution < 1.29 is 13.6 Å². The first-order valence-corrected chi connectivity index (χ1v) is 6.46. The molecule has 0 radical (unpaired) electrons. The molecule has 0 unspecified atom stereocenters. The van der Waals surface area contributed by atoms with Crippen molar-refractivity contribution in [1.29, 1.82) is 0 Å². The van der Waals surface area contributed by atoms with Gasteiger partial charge in [-0.1, -0.05) is 22.0 Å². The van der Waals surface area contributed by atoms with Gasteiger partial charge >= 0.3 is 0 Å². The molecule has 0 saturated heterocycles. The van der Waals surface area contributed by atoms with E-state index in [0.717, 1.165) is 10.0 Å². The molecule has 0 N–H and O–H groups in total. The lowest BCUT2D eigenvalue weighted by atomic mass is 10.00. The Morgan fingerprint density at radius 1 is 1.05 bits per heavy atom. The second-order valence-corrected chi connectivity index (χ2v) is 5.32. The minimum atomic E-state index is -1.09. The first-order chi connectivity index (χ1) is 8.90. The minimum Gasteiger partial charge on any atom is -0.288 e. The van der Waals surface area contributed by atoms with Crippen LogP contribution < -0.4 is 0 Å². The summed E-state index contributed by atoms with van der Waals surface area (Å²) in [4.78, 5) is 12.2. The van der Waals surface area contributed by atoms with Crippen molar-refractivity contribution in [2.24, 2.45) is 0 Å². The molecule has 98 valence electrons. The van der Waals surface area contributed by atoms with Crippen molar-refractivity contribution in [2.75, 3.05) is 0 Å². The molecular formula is C15H11BrF2O. The molecule has 0 amide bonds. The standard InChI is InChI=1S/C15H11BrF2O/c1-8-5-10(7-11(16)6-8)15(19)12-4-3-9(2)13(17)14(12)18/h3-7H,1-2H3. The van der Waals surface area contributed by atoms with Crippen LogP contribution in [0, 0.1) is 25.5 Å². The van der Waals surface area contributed by atoms with Crippen molar-refractivity contribution in [3.8, 4) is 0 Å². The van der Waals surface area contributed by atoms with Crippen molar-refractivity contribution in [3.63, 3.8) is 0 Å². The van der Waals surface area contributed by atoms with Crippen molar-refractivity contribution in [3.05, 3.63) is 68.7 Å². The van der Waals surface area contributed by atoms with E-state index in [4.69, 9.17) is 0 Å². The summed E-state index contributed by atoms with van der Waals surface area (Å²) in [5.41, 5.74) is 1.12. The fourth-order valence-corrected chi connectivity index (χ4v) is 2.45. The Bertz CT molecular complexity index is 645. The highest BCUT2D eigenvalue weighted by atomic mass is 79.9. The molecule has 2 aromatic carbocycles. The number of carbonyl (C=O) groups excluding carboxylic acids is 1. The number of benzene rings is 2. The maximum atomic E-state index is 13.8. The minimum absolute atomic E-state index is 0.180. The van der Waals surface area contributed by atoms with E-state index in [1.807, 2.05) is 13.0 Å². The fraction of sp³-hybridized carbons (Fsp3) is 0.133.